The lowest BCUT2D eigenvalue weighted by Crippen LogP contribution is -2.46. The van der Waals surface area contributed by atoms with Crippen molar-refractivity contribution in [3.8, 4) is 5.75 Å². The molecule has 0 fully saturated rings. The van der Waals surface area contributed by atoms with Crippen LogP contribution in [0.2, 0.25) is 0 Å². The first-order valence-corrected chi connectivity index (χ1v) is 12.2. The average Bonchev–Trinajstić information content (AvgIpc) is 3.18. The molecule has 7 rings (SSSR count). The number of para-hydroxylation sites is 2. The number of ether oxygens (including phenoxy) is 2. The number of hydrogen-bond acceptors (Lipinski definition) is 7. The number of amides is 1. The van der Waals surface area contributed by atoms with Gasteiger partial charge in [-0.3, -0.25) is 4.79 Å². The summed E-state index contributed by atoms with van der Waals surface area (Å²) in [5, 5.41) is 4.42. The maximum Gasteiger partial charge on any atom is 0.340 e. The van der Waals surface area contributed by atoms with Crippen LogP contribution in [-0.2, 0) is 19.7 Å². The van der Waals surface area contributed by atoms with Gasteiger partial charge in [0.2, 0.25) is 11.8 Å². The van der Waals surface area contributed by atoms with Crippen molar-refractivity contribution in [2.45, 2.75) is 5.41 Å². The Morgan fingerprint density at radius 1 is 1.00 bits per heavy atom. The first-order chi connectivity index (χ1) is 17.9. The summed E-state index contributed by atoms with van der Waals surface area (Å²) in [6.45, 7) is 0. The SMILES string of the molecule is COC(=O)C1=C(N)Oc2c(c3nc4ccccc4nc3c3ccccc23)C12C(=O)Nc1ccc(Br)cc12. The number of carbonyl (C=O) groups is 2. The number of nitrogens with two attached hydrogens (primary N) is 1. The molecule has 3 heterocycles. The molecular formula is C28H17BrN4O4. The van der Waals surface area contributed by atoms with E-state index in [4.69, 9.17) is 25.2 Å². The molecule has 180 valence electrons. The van der Waals surface area contributed by atoms with Gasteiger partial charge in [-0.15, -0.1) is 0 Å². The minimum atomic E-state index is -1.69. The van der Waals surface area contributed by atoms with Gasteiger partial charge < -0.3 is 20.5 Å². The fourth-order valence-corrected chi connectivity index (χ4v) is 5.90. The van der Waals surface area contributed by atoms with Crippen molar-refractivity contribution in [3.05, 3.63) is 93.8 Å². The van der Waals surface area contributed by atoms with Gasteiger partial charge in [0.25, 0.3) is 0 Å². The van der Waals surface area contributed by atoms with E-state index in [1.165, 1.54) is 7.11 Å². The highest BCUT2D eigenvalue weighted by Gasteiger charge is 2.60. The number of halogens is 1. The number of hydrogen-bond donors (Lipinski definition) is 2. The molecule has 8 nitrogen and oxygen atoms in total. The van der Waals surface area contributed by atoms with Crippen LogP contribution in [0.15, 0.2) is 82.7 Å². The van der Waals surface area contributed by atoms with Crippen LogP contribution in [0.3, 0.4) is 0 Å². The van der Waals surface area contributed by atoms with E-state index in [1.54, 1.807) is 12.1 Å². The average molecular weight is 553 g/mol. The summed E-state index contributed by atoms with van der Waals surface area (Å²) < 4.78 is 12.0. The summed E-state index contributed by atoms with van der Waals surface area (Å²) in [7, 11) is 1.24. The summed E-state index contributed by atoms with van der Waals surface area (Å²) in [5.41, 5.74) is 8.46. The summed E-state index contributed by atoms with van der Waals surface area (Å²) >= 11 is 3.52. The van der Waals surface area contributed by atoms with Gasteiger partial charge in [0.05, 0.1) is 29.2 Å². The van der Waals surface area contributed by atoms with E-state index in [2.05, 4.69) is 21.2 Å². The third-order valence-corrected chi connectivity index (χ3v) is 7.53. The summed E-state index contributed by atoms with van der Waals surface area (Å²) in [6.07, 6.45) is 0. The second kappa shape index (κ2) is 7.50. The van der Waals surface area contributed by atoms with E-state index in [9.17, 15) is 9.59 Å². The summed E-state index contributed by atoms with van der Waals surface area (Å²) in [5.74, 6) is -1.09. The zero-order chi connectivity index (χ0) is 25.5. The van der Waals surface area contributed by atoms with E-state index in [1.807, 2.05) is 54.6 Å². The zero-order valence-corrected chi connectivity index (χ0v) is 20.9. The van der Waals surface area contributed by atoms with Crippen LogP contribution in [0.1, 0.15) is 11.1 Å². The largest absolute Gasteiger partial charge is 0.465 e. The lowest BCUT2D eigenvalue weighted by Gasteiger charge is -2.36. The molecule has 0 radical (unpaired) electrons. The highest BCUT2D eigenvalue weighted by Crippen LogP contribution is 2.57. The first-order valence-electron chi connectivity index (χ1n) is 11.4. The Balaban J connectivity index is 1.77. The second-order valence-electron chi connectivity index (χ2n) is 8.89. The van der Waals surface area contributed by atoms with Crippen LogP contribution in [0.25, 0.3) is 32.8 Å². The van der Waals surface area contributed by atoms with Crippen molar-refractivity contribution in [2.24, 2.45) is 5.73 Å². The van der Waals surface area contributed by atoms with Crippen molar-refractivity contribution in [1.82, 2.24) is 9.97 Å². The van der Waals surface area contributed by atoms with Crippen LogP contribution in [-0.4, -0.2) is 29.0 Å². The predicted molar refractivity (Wildman–Crippen MR) is 142 cm³/mol. The molecule has 2 aliphatic heterocycles. The number of benzene rings is 4. The summed E-state index contributed by atoms with van der Waals surface area (Å²) in [6, 6.07) is 20.5. The molecule has 5 aromatic rings. The normalized spacial score (nSPS) is 18.2. The molecule has 3 N–H and O–H groups in total. The molecule has 0 saturated carbocycles. The highest BCUT2D eigenvalue weighted by molar-refractivity contribution is 9.10. The molecule has 2 aliphatic rings. The molecule has 1 amide bonds. The molecule has 1 atom stereocenters. The Morgan fingerprint density at radius 2 is 1.68 bits per heavy atom. The van der Waals surface area contributed by atoms with Crippen molar-refractivity contribution in [2.75, 3.05) is 12.4 Å². The quantitative estimate of drug-likeness (QED) is 0.176. The Kier molecular flexibility index (Phi) is 4.41. The van der Waals surface area contributed by atoms with Crippen LogP contribution < -0.4 is 15.8 Å². The van der Waals surface area contributed by atoms with Gasteiger partial charge in [0.1, 0.15) is 16.7 Å². The number of nitrogens with one attached hydrogen (secondary N) is 1. The first kappa shape index (κ1) is 21.8. The number of fused-ring (bicyclic) bond motifs is 10. The molecule has 0 saturated heterocycles. The molecule has 4 aromatic carbocycles. The second-order valence-corrected chi connectivity index (χ2v) is 9.80. The Labute approximate surface area is 218 Å². The van der Waals surface area contributed by atoms with Gasteiger partial charge >= 0.3 is 5.97 Å². The maximum atomic E-state index is 14.2. The van der Waals surface area contributed by atoms with Crippen LogP contribution in [0, 0.1) is 0 Å². The van der Waals surface area contributed by atoms with Crippen molar-refractivity contribution in [3.63, 3.8) is 0 Å². The predicted octanol–water partition coefficient (Wildman–Crippen LogP) is 4.67. The number of anilines is 1. The highest BCUT2D eigenvalue weighted by atomic mass is 79.9. The minimum Gasteiger partial charge on any atom is -0.465 e. The molecule has 37 heavy (non-hydrogen) atoms. The van der Waals surface area contributed by atoms with Crippen LogP contribution in [0.4, 0.5) is 5.69 Å². The topological polar surface area (TPSA) is 116 Å². The van der Waals surface area contributed by atoms with Gasteiger partial charge in [-0.05, 0) is 30.3 Å². The van der Waals surface area contributed by atoms with Gasteiger partial charge in [0, 0.05) is 32.1 Å². The number of nitrogens with zero attached hydrogens (tertiary/aromatic N) is 2. The fraction of sp³-hybridized carbons (Fsp3) is 0.0714. The monoisotopic (exact) mass is 552 g/mol. The minimum absolute atomic E-state index is 0.108. The van der Waals surface area contributed by atoms with E-state index < -0.39 is 17.3 Å². The van der Waals surface area contributed by atoms with E-state index in [0.717, 1.165) is 9.86 Å². The lowest BCUT2D eigenvalue weighted by atomic mass is 9.67. The third-order valence-electron chi connectivity index (χ3n) is 7.03. The molecule has 0 bridgehead atoms. The van der Waals surface area contributed by atoms with Gasteiger partial charge in [0.15, 0.2) is 0 Å². The van der Waals surface area contributed by atoms with Crippen molar-refractivity contribution >= 4 is 66.3 Å². The molecule has 1 spiro atoms. The van der Waals surface area contributed by atoms with Gasteiger partial charge in [-0.25, -0.2) is 14.8 Å². The van der Waals surface area contributed by atoms with E-state index >= 15 is 0 Å². The molecule has 1 aromatic heterocycles. The fourth-order valence-electron chi connectivity index (χ4n) is 5.54. The Bertz CT molecular complexity index is 1900. The van der Waals surface area contributed by atoms with Crippen molar-refractivity contribution < 1.29 is 19.1 Å². The summed E-state index contributed by atoms with van der Waals surface area (Å²) in [4.78, 5) is 37.4. The van der Waals surface area contributed by atoms with Crippen LogP contribution >= 0.6 is 15.9 Å². The number of methoxy groups -OCH3 is 1. The Hall–Kier alpha value is -4.50. The smallest absolute Gasteiger partial charge is 0.340 e. The van der Waals surface area contributed by atoms with Crippen molar-refractivity contribution in [1.29, 1.82) is 0 Å². The van der Waals surface area contributed by atoms with E-state index in [0.29, 0.717) is 50.0 Å². The lowest BCUT2D eigenvalue weighted by molar-refractivity contribution is -0.138. The molecule has 0 aliphatic carbocycles. The maximum absolute atomic E-state index is 14.2. The van der Waals surface area contributed by atoms with Crippen LogP contribution in [0.5, 0.6) is 5.75 Å². The number of aromatic nitrogens is 2. The molecular weight excluding hydrogens is 536 g/mol. The number of esters is 1. The third kappa shape index (κ3) is 2.71. The Morgan fingerprint density at radius 3 is 2.41 bits per heavy atom. The van der Waals surface area contributed by atoms with E-state index in [-0.39, 0.29) is 11.5 Å². The molecule has 1 unspecified atom stereocenters. The van der Waals surface area contributed by atoms with Gasteiger partial charge in [-0.2, -0.15) is 0 Å². The standard InChI is InChI=1S/C28H17BrN4O4/c1-36-26(34)21-25(30)37-24-15-7-3-2-6-14(15)22-23(32-19-9-5-4-8-18(19)31-22)20(24)28(21)16-12-13(29)10-11-17(16)33-27(28)35/h2-12H,30H2,1H3,(H,33,35). The number of rotatable bonds is 1. The van der Waals surface area contributed by atoms with Gasteiger partial charge in [-0.1, -0.05) is 52.3 Å². The number of carbonyl (C=O) groups excluding carboxylic acids is 2. The molecule has 9 heteroatoms. The zero-order valence-electron chi connectivity index (χ0n) is 19.3.